The minimum atomic E-state index is 0.0836. The Kier molecular flexibility index (Phi) is 5.27. The molecule has 0 heterocycles. The lowest BCUT2D eigenvalue weighted by molar-refractivity contribution is -0.115. The average molecular weight is 141 g/mol. The Bertz CT molecular complexity index is 96.9. The van der Waals surface area contributed by atoms with Gasteiger partial charge in [-0.3, -0.25) is 4.79 Å². The minimum absolute atomic E-state index is 0.0836. The van der Waals surface area contributed by atoms with Gasteiger partial charge in [0.15, 0.2) is 0 Å². The summed E-state index contributed by atoms with van der Waals surface area (Å²) in [6.45, 7) is 7.65. The van der Waals surface area contributed by atoms with Crippen molar-refractivity contribution in [1.82, 2.24) is 0 Å². The second kappa shape index (κ2) is 5.45. The highest BCUT2D eigenvalue weighted by Gasteiger charge is 2.06. The van der Waals surface area contributed by atoms with Crippen LogP contribution >= 0.6 is 0 Å². The standard InChI is InChI=1S/C9H17O/c1-4-6-9(5-2)7-8(3)10/h9H,3-7H2,1-2H3. The van der Waals surface area contributed by atoms with Crippen LogP contribution < -0.4 is 0 Å². The lowest BCUT2D eigenvalue weighted by atomic mass is 9.95. The summed E-state index contributed by atoms with van der Waals surface area (Å²) in [6.07, 6.45) is 4.11. The molecule has 0 saturated carbocycles. The molecule has 1 unspecified atom stereocenters. The van der Waals surface area contributed by atoms with Gasteiger partial charge < -0.3 is 0 Å². The number of Topliss-reactive ketones (excluding diaryl/α,β-unsaturated/α-hetero) is 1. The van der Waals surface area contributed by atoms with E-state index in [0.29, 0.717) is 12.3 Å². The summed E-state index contributed by atoms with van der Waals surface area (Å²) in [7, 11) is 0. The van der Waals surface area contributed by atoms with E-state index in [4.69, 9.17) is 0 Å². The molecule has 0 aliphatic carbocycles. The maximum Gasteiger partial charge on any atom is 0.133 e. The molecule has 0 aliphatic heterocycles. The summed E-state index contributed by atoms with van der Waals surface area (Å²) in [5.74, 6) is 0.662. The third kappa shape index (κ3) is 4.54. The maximum absolute atomic E-state index is 10.6. The van der Waals surface area contributed by atoms with Crippen LogP contribution in [0.3, 0.4) is 0 Å². The molecular weight excluding hydrogens is 124 g/mol. The van der Waals surface area contributed by atoms with Crippen molar-refractivity contribution in [3.8, 4) is 0 Å². The molecule has 0 aromatic carbocycles. The van der Waals surface area contributed by atoms with E-state index in [2.05, 4.69) is 20.8 Å². The van der Waals surface area contributed by atoms with E-state index < -0.39 is 0 Å². The van der Waals surface area contributed by atoms with Gasteiger partial charge in [0.2, 0.25) is 0 Å². The third-order valence-corrected chi connectivity index (χ3v) is 1.79. The molecule has 0 bridgehead atoms. The van der Waals surface area contributed by atoms with Crippen LogP contribution in [-0.2, 0) is 4.79 Å². The molecule has 1 heteroatoms. The summed E-state index contributed by atoms with van der Waals surface area (Å²) in [5.41, 5.74) is 0. The van der Waals surface area contributed by atoms with Crippen molar-refractivity contribution in [2.75, 3.05) is 0 Å². The fourth-order valence-corrected chi connectivity index (χ4v) is 1.18. The predicted octanol–water partition coefficient (Wildman–Crippen LogP) is 2.61. The van der Waals surface area contributed by atoms with Crippen LogP contribution in [0.4, 0.5) is 0 Å². The van der Waals surface area contributed by atoms with E-state index in [0.717, 1.165) is 12.8 Å². The zero-order chi connectivity index (χ0) is 7.98. The molecule has 1 atom stereocenters. The largest absolute Gasteiger partial charge is 0.300 e. The zero-order valence-corrected chi connectivity index (χ0v) is 7.02. The zero-order valence-electron chi connectivity index (χ0n) is 7.02. The molecule has 0 spiro atoms. The fourth-order valence-electron chi connectivity index (χ4n) is 1.18. The first-order valence-electron chi connectivity index (χ1n) is 4.05. The quantitative estimate of drug-likeness (QED) is 0.575. The maximum atomic E-state index is 10.6. The minimum Gasteiger partial charge on any atom is -0.300 e. The third-order valence-electron chi connectivity index (χ3n) is 1.79. The van der Waals surface area contributed by atoms with Crippen molar-refractivity contribution in [2.45, 2.75) is 39.5 Å². The van der Waals surface area contributed by atoms with Gasteiger partial charge in [-0.15, -0.1) is 0 Å². The normalized spacial score (nSPS) is 13.1. The SMILES string of the molecule is [CH2]C(=O)CC(CC)CCC. The molecule has 1 radical (unpaired) electrons. The van der Waals surface area contributed by atoms with Crippen LogP contribution in [0.25, 0.3) is 0 Å². The Morgan fingerprint density at radius 2 is 2.10 bits per heavy atom. The fraction of sp³-hybridized carbons (Fsp3) is 0.778. The molecule has 0 amide bonds. The van der Waals surface area contributed by atoms with Gasteiger partial charge in [0, 0.05) is 13.3 Å². The monoisotopic (exact) mass is 141 g/mol. The topological polar surface area (TPSA) is 17.1 Å². The van der Waals surface area contributed by atoms with Crippen molar-refractivity contribution >= 4 is 5.78 Å². The van der Waals surface area contributed by atoms with Gasteiger partial charge >= 0.3 is 0 Å². The number of carbonyl (C=O) groups is 1. The van der Waals surface area contributed by atoms with E-state index in [1.54, 1.807) is 0 Å². The molecule has 0 aromatic rings. The molecule has 0 N–H and O–H groups in total. The second-order valence-electron chi connectivity index (χ2n) is 2.81. The second-order valence-corrected chi connectivity index (χ2v) is 2.81. The Morgan fingerprint density at radius 1 is 1.50 bits per heavy atom. The highest BCUT2D eigenvalue weighted by molar-refractivity contribution is 5.82. The molecule has 0 rings (SSSR count). The first-order chi connectivity index (χ1) is 4.70. The summed E-state index contributed by atoms with van der Waals surface area (Å²) in [5, 5.41) is 0. The van der Waals surface area contributed by atoms with Crippen molar-refractivity contribution in [2.24, 2.45) is 5.92 Å². The number of carbonyl (C=O) groups excluding carboxylic acids is 1. The molecule has 0 aliphatic rings. The van der Waals surface area contributed by atoms with Crippen LogP contribution in [-0.4, -0.2) is 5.78 Å². The van der Waals surface area contributed by atoms with Gasteiger partial charge in [-0.05, 0) is 5.92 Å². The van der Waals surface area contributed by atoms with Gasteiger partial charge in [-0.2, -0.15) is 0 Å². The Morgan fingerprint density at radius 3 is 2.40 bits per heavy atom. The first-order valence-corrected chi connectivity index (χ1v) is 4.05. The smallest absolute Gasteiger partial charge is 0.133 e. The molecular formula is C9H17O. The van der Waals surface area contributed by atoms with Crippen LogP contribution in [0.1, 0.15) is 39.5 Å². The number of hydrogen-bond acceptors (Lipinski definition) is 1. The Hall–Kier alpha value is -0.330. The molecule has 10 heavy (non-hydrogen) atoms. The predicted molar refractivity (Wildman–Crippen MR) is 43.7 cm³/mol. The van der Waals surface area contributed by atoms with E-state index in [9.17, 15) is 4.79 Å². The van der Waals surface area contributed by atoms with Gasteiger partial charge in [-0.1, -0.05) is 33.1 Å². The number of rotatable bonds is 5. The molecule has 0 saturated heterocycles. The summed E-state index contributed by atoms with van der Waals surface area (Å²) >= 11 is 0. The van der Waals surface area contributed by atoms with Crippen molar-refractivity contribution in [3.05, 3.63) is 6.92 Å². The lowest BCUT2D eigenvalue weighted by Crippen LogP contribution is -2.04. The van der Waals surface area contributed by atoms with E-state index in [1.165, 1.54) is 6.42 Å². The van der Waals surface area contributed by atoms with Crippen molar-refractivity contribution in [1.29, 1.82) is 0 Å². The highest BCUT2D eigenvalue weighted by Crippen LogP contribution is 2.14. The van der Waals surface area contributed by atoms with Gasteiger partial charge in [0.25, 0.3) is 0 Å². The van der Waals surface area contributed by atoms with Gasteiger partial charge in [-0.25, -0.2) is 0 Å². The summed E-state index contributed by atoms with van der Waals surface area (Å²) < 4.78 is 0. The Labute approximate surface area is 63.8 Å². The summed E-state index contributed by atoms with van der Waals surface area (Å²) in [4.78, 5) is 10.6. The van der Waals surface area contributed by atoms with Crippen LogP contribution in [0.5, 0.6) is 0 Å². The Balaban J connectivity index is 3.49. The van der Waals surface area contributed by atoms with Crippen LogP contribution in [0, 0.1) is 12.8 Å². The van der Waals surface area contributed by atoms with Gasteiger partial charge in [0.1, 0.15) is 5.78 Å². The number of ketones is 1. The van der Waals surface area contributed by atoms with Crippen LogP contribution in [0.15, 0.2) is 0 Å². The average Bonchev–Trinajstić information content (AvgIpc) is 1.86. The molecule has 59 valence electrons. The first kappa shape index (κ1) is 9.67. The van der Waals surface area contributed by atoms with Crippen molar-refractivity contribution < 1.29 is 4.79 Å². The van der Waals surface area contributed by atoms with Gasteiger partial charge in [0.05, 0.1) is 0 Å². The molecule has 1 nitrogen and oxygen atoms in total. The lowest BCUT2D eigenvalue weighted by Gasteiger charge is -2.09. The summed E-state index contributed by atoms with van der Waals surface area (Å²) in [6, 6.07) is 0. The van der Waals surface area contributed by atoms with E-state index in [1.807, 2.05) is 0 Å². The highest BCUT2D eigenvalue weighted by atomic mass is 16.1. The van der Waals surface area contributed by atoms with E-state index in [-0.39, 0.29) is 5.78 Å². The molecule has 0 fully saturated rings. The van der Waals surface area contributed by atoms with Crippen LogP contribution in [0.2, 0.25) is 0 Å². The molecule has 0 aromatic heterocycles. The van der Waals surface area contributed by atoms with E-state index >= 15 is 0 Å². The number of hydrogen-bond donors (Lipinski definition) is 0. The van der Waals surface area contributed by atoms with Crippen molar-refractivity contribution in [3.63, 3.8) is 0 Å².